The number of carbonyl (C=O) groups is 1. The molecule has 0 saturated carbocycles. The van der Waals surface area contributed by atoms with Crippen LogP contribution in [0.25, 0.3) is 0 Å². The average Bonchev–Trinajstić information content (AvgIpc) is 2.68. The Labute approximate surface area is 167 Å². The molecule has 0 saturated heterocycles. The van der Waals surface area contributed by atoms with Crippen LogP contribution in [0.5, 0.6) is 5.75 Å². The van der Waals surface area contributed by atoms with Gasteiger partial charge in [0, 0.05) is 11.9 Å². The molecule has 1 amide bonds. The minimum Gasteiger partial charge on any atom is -0.508 e. The van der Waals surface area contributed by atoms with Gasteiger partial charge in [0.15, 0.2) is 5.69 Å². The number of nitrogens with zero attached hydrogens (tertiary/aromatic N) is 3. The van der Waals surface area contributed by atoms with Gasteiger partial charge in [-0.1, -0.05) is 47.6 Å². The molecule has 0 aliphatic heterocycles. The van der Waals surface area contributed by atoms with Crippen molar-refractivity contribution in [3.63, 3.8) is 0 Å². The van der Waals surface area contributed by atoms with Crippen molar-refractivity contribution in [1.82, 2.24) is 15.1 Å². The van der Waals surface area contributed by atoms with Crippen LogP contribution in [-0.2, 0) is 0 Å². The van der Waals surface area contributed by atoms with E-state index < -0.39 is 0 Å². The number of phenols is 1. The monoisotopic (exact) mass is 399 g/mol. The van der Waals surface area contributed by atoms with Crippen molar-refractivity contribution in [2.24, 2.45) is 0 Å². The summed E-state index contributed by atoms with van der Waals surface area (Å²) in [5, 5.41) is 19.1. The normalized spacial score (nSPS) is 11.8. The summed E-state index contributed by atoms with van der Waals surface area (Å²) in [7, 11) is 1.70. The fraction of sp³-hybridized carbons (Fsp3) is 0.150. The Bertz CT molecular complexity index is 950. The standard InChI is InChI=1S/C20H18ClN3O2S/c1-13(14-6-5-7-15(25)12-14)24(2)20(26)17-10-11-19(23-22-17)27-18-9-4-3-8-16(18)21/h3-13,25H,1-2H3/t13-/m0/s1. The molecule has 1 N–H and O–H groups in total. The number of benzene rings is 2. The van der Waals surface area contributed by atoms with E-state index in [-0.39, 0.29) is 23.4 Å². The maximum Gasteiger partial charge on any atom is 0.274 e. The molecule has 2 aromatic carbocycles. The molecule has 3 rings (SSSR count). The fourth-order valence-corrected chi connectivity index (χ4v) is 3.50. The highest BCUT2D eigenvalue weighted by Crippen LogP contribution is 2.31. The summed E-state index contributed by atoms with van der Waals surface area (Å²) in [5.41, 5.74) is 1.10. The Balaban J connectivity index is 1.72. The number of carbonyl (C=O) groups excluding carboxylic acids is 1. The van der Waals surface area contributed by atoms with E-state index in [1.807, 2.05) is 37.3 Å². The lowest BCUT2D eigenvalue weighted by atomic mass is 10.1. The summed E-state index contributed by atoms with van der Waals surface area (Å²) in [6.07, 6.45) is 0. The van der Waals surface area contributed by atoms with Crippen molar-refractivity contribution in [2.75, 3.05) is 7.05 Å². The first kappa shape index (κ1) is 19.2. The third-order valence-electron chi connectivity index (χ3n) is 4.16. The van der Waals surface area contributed by atoms with Crippen molar-refractivity contribution in [3.8, 4) is 5.75 Å². The Morgan fingerprint density at radius 2 is 1.89 bits per heavy atom. The first-order chi connectivity index (χ1) is 13.0. The molecule has 0 spiro atoms. The summed E-state index contributed by atoms with van der Waals surface area (Å²) in [5.74, 6) is -0.0754. The minimum absolute atomic E-state index is 0.168. The first-order valence-corrected chi connectivity index (χ1v) is 9.47. The van der Waals surface area contributed by atoms with Gasteiger partial charge in [-0.05, 0) is 48.9 Å². The fourth-order valence-electron chi connectivity index (χ4n) is 2.49. The highest BCUT2D eigenvalue weighted by atomic mass is 35.5. The van der Waals surface area contributed by atoms with Gasteiger partial charge < -0.3 is 10.0 Å². The third-order valence-corrected chi connectivity index (χ3v) is 5.61. The minimum atomic E-state index is -0.243. The maximum atomic E-state index is 12.7. The smallest absolute Gasteiger partial charge is 0.274 e. The van der Waals surface area contributed by atoms with E-state index in [0.717, 1.165) is 10.5 Å². The zero-order valence-electron chi connectivity index (χ0n) is 14.8. The topological polar surface area (TPSA) is 66.3 Å². The molecule has 0 radical (unpaired) electrons. The largest absolute Gasteiger partial charge is 0.508 e. The zero-order chi connectivity index (χ0) is 19.4. The number of aromatic hydroxyl groups is 1. The summed E-state index contributed by atoms with van der Waals surface area (Å²) in [6.45, 7) is 1.89. The zero-order valence-corrected chi connectivity index (χ0v) is 16.4. The van der Waals surface area contributed by atoms with Gasteiger partial charge in [-0.25, -0.2) is 0 Å². The van der Waals surface area contributed by atoms with E-state index in [0.29, 0.717) is 10.0 Å². The van der Waals surface area contributed by atoms with Gasteiger partial charge in [-0.15, -0.1) is 10.2 Å². The summed E-state index contributed by atoms with van der Waals surface area (Å²) < 4.78 is 0. The SMILES string of the molecule is C[C@@H](c1cccc(O)c1)N(C)C(=O)c1ccc(Sc2ccccc2Cl)nn1. The molecule has 138 valence electrons. The summed E-state index contributed by atoms with van der Waals surface area (Å²) in [4.78, 5) is 15.1. The quantitative estimate of drug-likeness (QED) is 0.666. The molecular formula is C20H18ClN3O2S. The lowest BCUT2D eigenvalue weighted by Crippen LogP contribution is -2.30. The van der Waals surface area contributed by atoms with Gasteiger partial charge >= 0.3 is 0 Å². The average molecular weight is 400 g/mol. The number of aromatic nitrogens is 2. The van der Waals surface area contributed by atoms with Crippen molar-refractivity contribution >= 4 is 29.3 Å². The number of rotatable bonds is 5. The highest BCUT2D eigenvalue weighted by Gasteiger charge is 2.20. The summed E-state index contributed by atoms with van der Waals surface area (Å²) >= 11 is 7.54. The van der Waals surface area contributed by atoms with E-state index in [1.54, 1.807) is 42.3 Å². The number of hydrogen-bond acceptors (Lipinski definition) is 5. The Morgan fingerprint density at radius 3 is 2.56 bits per heavy atom. The molecule has 0 unspecified atom stereocenters. The molecule has 0 fully saturated rings. The van der Waals surface area contributed by atoms with Crippen LogP contribution >= 0.6 is 23.4 Å². The molecule has 27 heavy (non-hydrogen) atoms. The van der Waals surface area contributed by atoms with Crippen LogP contribution in [0.4, 0.5) is 0 Å². The molecule has 5 nitrogen and oxygen atoms in total. The third kappa shape index (κ3) is 4.59. The molecule has 1 heterocycles. The number of phenolic OH excluding ortho intramolecular Hbond substituents is 1. The van der Waals surface area contributed by atoms with E-state index in [4.69, 9.17) is 11.6 Å². The molecule has 3 aromatic rings. The Morgan fingerprint density at radius 1 is 1.11 bits per heavy atom. The van der Waals surface area contributed by atoms with Crippen LogP contribution < -0.4 is 0 Å². The number of halogens is 1. The lowest BCUT2D eigenvalue weighted by Gasteiger charge is -2.25. The van der Waals surface area contributed by atoms with Crippen LogP contribution in [0.2, 0.25) is 5.02 Å². The predicted octanol–water partition coefficient (Wildman–Crippen LogP) is 4.82. The van der Waals surface area contributed by atoms with Gasteiger partial charge in [-0.2, -0.15) is 0 Å². The molecule has 1 atom stereocenters. The summed E-state index contributed by atoms with van der Waals surface area (Å²) in [6, 6.07) is 17.5. The predicted molar refractivity (Wildman–Crippen MR) is 106 cm³/mol. The van der Waals surface area contributed by atoms with Gasteiger partial charge in [0.25, 0.3) is 5.91 Å². The maximum absolute atomic E-state index is 12.7. The second kappa shape index (κ2) is 8.41. The van der Waals surface area contributed by atoms with Crippen LogP contribution in [0.15, 0.2) is 70.6 Å². The molecule has 0 aliphatic rings. The molecular weight excluding hydrogens is 382 g/mol. The van der Waals surface area contributed by atoms with Crippen LogP contribution in [0.1, 0.15) is 29.0 Å². The van der Waals surface area contributed by atoms with E-state index in [2.05, 4.69) is 10.2 Å². The second-order valence-corrected chi connectivity index (χ2v) is 7.45. The number of amides is 1. The molecule has 0 bridgehead atoms. The second-order valence-electron chi connectivity index (χ2n) is 5.98. The lowest BCUT2D eigenvalue weighted by molar-refractivity contribution is 0.0735. The van der Waals surface area contributed by atoms with Crippen LogP contribution in [0, 0.1) is 0 Å². The van der Waals surface area contributed by atoms with Gasteiger partial charge in [-0.3, -0.25) is 4.79 Å². The first-order valence-electron chi connectivity index (χ1n) is 8.28. The molecule has 0 aliphatic carbocycles. The van der Waals surface area contributed by atoms with Crippen molar-refractivity contribution in [2.45, 2.75) is 22.9 Å². The molecule has 7 heteroatoms. The van der Waals surface area contributed by atoms with E-state index in [1.165, 1.54) is 11.8 Å². The van der Waals surface area contributed by atoms with Gasteiger partial charge in [0.05, 0.1) is 11.1 Å². The van der Waals surface area contributed by atoms with Crippen molar-refractivity contribution in [1.29, 1.82) is 0 Å². The van der Waals surface area contributed by atoms with Crippen molar-refractivity contribution in [3.05, 3.63) is 76.9 Å². The molecule has 1 aromatic heterocycles. The number of hydrogen-bond donors (Lipinski definition) is 1. The van der Waals surface area contributed by atoms with Crippen LogP contribution in [-0.4, -0.2) is 33.2 Å². The van der Waals surface area contributed by atoms with E-state index >= 15 is 0 Å². The van der Waals surface area contributed by atoms with Gasteiger partial charge in [0.1, 0.15) is 10.8 Å². The van der Waals surface area contributed by atoms with E-state index in [9.17, 15) is 9.90 Å². The highest BCUT2D eigenvalue weighted by molar-refractivity contribution is 7.99. The Hall–Kier alpha value is -2.57. The van der Waals surface area contributed by atoms with Crippen LogP contribution in [0.3, 0.4) is 0 Å². The van der Waals surface area contributed by atoms with Crippen molar-refractivity contribution < 1.29 is 9.90 Å². The Kier molecular flexibility index (Phi) is 5.98. The van der Waals surface area contributed by atoms with Gasteiger partial charge in [0.2, 0.25) is 0 Å².